The maximum atomic E-state index is 12.1. The third-order valence-corrected chi connectivity index (χ3v) is 5.96. The van der Waals surface area contributed by atoms with Gasteiger partial charge in [0.1, 0.15) is 0 Å². The fourth-order valence-corrected chi connectivity index (χ4v) is 4.78. The smallest absolute Gasteiger partial charge is 0.159 e. The lowest BCUT2D eigenvalue weighted by Gasteiger charge is -2.47. The van der Waals surface area contributed by atoms with Crippen molar-refractivity contribution in [1.82, 2.24) is 0 Å². The Kier molecular flexibility index (Phi) is 2.04. The van der Waals surface area contributed by atoms with E-state index in [1.54, 1.807) is 6.08 Å². The predicted molar refractivity (Wildman–Crippen MR) is 66.4 cm³/mol. The average molecular weight is 234 g/mol. The van der Waals surface area contributed by atoms with Gasteiger partial charge < -0.3 is 5.11 Å². The number of rotatable bonds is 0. The monoisotopic (exact) mass is 234 g/mol. The average Bonchev–Trinajstić information content (AvgIpc) is 2.83. The van der Waals surface area contributed by atoms with Crippen LogP contribution in [0.25, 0.3) is 0 Å². The SMILES string of the molecule is C[C@H]1CC[C@@H](O)C2=CC(=O)[C@H]3[C@H](C3(C)C)[C@@]21C. The molecule has 3 rings (SSSR count). The topological polar surface area (TPSA) is 37.3 Å². The number of allylic oxidation sites excluding steroid dienone is 1. The molecule has 0 heterocycles. The number of fused-ring (bicyclic) bond motifs is 3. The van der Waals surface area contributed by atoms with Crippen molar-refractivity contribution in [3.8, 4) is 0 Å². The van der Waals surface area contributed by atoms with Crippen molar-refractivity contribution in [3.05, 3.63) is 11.6 Å². The second-order valence-electron chi connectivity index (χ2n) is 7.06. The summed E-state index contributed by atoms with van der Waals surface area (Å²) >= 11 is 0. The highest BCUT2D eigenvalue weighted by molar-refractivity contribution is 5.97. The lowest BCUT2D eigenvalue weighted by Crippen LogP contribution is -2.43. The summed E-state index contributed by atoms with van der Waals surface area (Å²) in [5.41, 5.74) is 1.18. The van der Waals surface area contributed by atoms with Gasteiger partial charge in [-0.3, -0.25) is 4.79 Å². The Bertz CT molecular complexity index is 421. The molecule has 3 aliphatic rings. The van der Waals surface area contributed by atoms with E-state index >= 15 is 0 Å². The Balaban J connectivity index is 2.12. The fraction of sp³-hybridized carbons (Fsp3) is 0.800. The summed E-state index contributed by atoms with van der Waals surface area (Å²) in [7, 11) is 0. The zero-order valence-electron chi connectivity index (χ0n) is 11.2. The van der Waals surface area contributed by atoms with Crippen LogP contribution < -0.4 is 0 Å². The molecule has 2 heteroatoms. The molecule has 1 N–H and O–H groups in total. The number of aliphatic hydroxyl groups excluding tert-OH is 1. The van der Waals surface area contributed by atoms with Crippen LogP contribution >= 0.6 is 0 Å². The summed E-state index contributed by atoms with van der Waals surface area (Å²) in [6, 6.07) is 0. The Hall–Kier alpha value is -0.630. The molecule has 94 valence electrons. The van der Waals surface area contributed by atoms with Crippen LogP contribution in [-0.4, -0.2) is 17.0 Å². The van der Waals surface area contributed by atoms with Crippen LogP contribution in [0.2, 0.25) is 0 Å². The van der Waals surface area contributed by atoms with Gasteiger partial charge in [-0.15, -0.1) is 0 Å². The van der Waals surface area contributed by atoms with Gasteiger partial charge in [-0.05, 0) is 47.2 Å². The standard InChI is InChI=1S/C15H22O2/c1-8-5-6-10(16)9-7-11(17)12-13(14(12,2)3)15(8,9)4/h7-8,10,12-13,16H,5-6H2,1-4H3/t8-,10+,12-,13+,15+/m0/s1. The van der Waals surface area contributed by atoms with Gasteiger partial charge in [0, 0.05) is 5.92 Å². The minimum atomic E-state index is -0.391. The van der Waals surface area contributed by atoms with Crippen LogP contribution in [0.3, 0.4) is 0 Å². The van der Waals surface area contributed by atoms with Crippen LogP contribution in [0.15, 0.2) is 11.6 Å². The molecule has 0 saturated heterocycles. The van der Waals surface area contributed by atoms with Gasteiger partial charge in [-0.2, -0.15) is 0 Å². The van der Waals surface area contributed by atoms with Crippen molar-refractivity contribution in [3.63, 3.8) is 0 Å². The largest absolute Gasteiger partial charge is 0.389 e. The molecule has 0 unspecified atom stereocenters. The van der Waals surface area contributed by atoms with Gasteiger partial charge >= 0.3 is 0 Å². The molecule has 0 aromatic rings. The van der Waals surface area contributed by atoms with Gasteiger partial charge in [0.2, 0.25) is 0 Å². The van der Waals surface area contributed by atoms with E-state index in [1.165, 1.54) is 0 Å². The first-order valence-corrected chi connectivity index (χ1v) is 6.75. The number of ketones is 1. The van der Waals surface area contributed by atoms with Gasteiger partial charge in [0.25, 0.3) is 0 Å². The summed E-state index contributed by atoms with van der Waals surface area (Å²) in [5, 5.41) is 10.2. The maximum Gasteiger partial charge on any atom is 0.159 e. The summed E-state index contributed by atoms with van der Waals surface area (Å²) in [4.78, 5) is 12.1. The normalized spacial score (nSPS) is 51.4. The first-order chi connectivity index (χ1) is 7.81. The third kappa shape index (κ3) is 1.17. The van der Waals surface area contributed by atoms with Gasteiger partial charge in [-0.1, -0.05) is 27.7 Å². The highest BCUT2D eigenvalue weighted by Crippen LogP contribution is 2.73. The molecule has 0 aliphatic heterocycles. The van der Waals surface area contributed by atoms with E-state index in [-0.39, 0.29) is 22.5 Å². The number of hydrogen-bond acceptors (Lipinski definition) is 2. The Morgan fingerprint density at radius 1 is 1.29 bits per heavy atom. The Labute approximate surface area is 103 Å². The Morgan fingerprint density at radius 2 is 1.94 bits per heavy atom. The van der Waals surface area contributed by atoms with Crippen LogP contribution in [0.5, 0.6) is 0 Å². The molecule has 5 atom stereocenters. The number of hydrogen-bond donors (Lipinski definition) is 1. The first kappa shape index (κ1) is 11.5. The minimum absolute atomic E-state index is 0.0414. The molecule has 0 bridgehead atoms. The molecule has 0 aromatic carbocycles. The van der Waals surface area contributed by atoms with Crippen molar-refractivity contribution in [2.24, 2.45) is 28.6 Å². The van der Waals surface area contributed by atoms with Gasteiger partial charge in [-0.25, -0.2) is 0 Å². The summed E-state index contributed by atoms with van der Waals surface area (Å²) in [5.74, 6) is 1.46. The third-order valence-electron chi connectivity index (χ3n) is 5.96. The molecule has 2 nitrogen and oxygen atoms in total. The van der Waals surface area contributed by atoms with Crippen molar-refractivity contribution < 1.29 is 9.90 Å². The molecular weight excluding hydrogens is 212 g/mol. The number of aliphatic hydroxyl groups is 1. The van der Waals surface area contributed by atoms with Crippen molar-refractivity contribution >= 4 is 5.78 Å². The second kappa shape index (κ2) is 3.03. The lowest BCUT2D eigenvalue weighted by molar-refractivity contribution is -0.118. The van der Waals surface area contributed by atoms with E-state index in [9.17, 15) is 9.90 Å². The minimum Gasteiger partial charge on any atom is -0.389 e. The predicted octanol–water partition coefficient (Wildman–Crippen LogP) is 2.56. The molecular formula is C15H22O2. The van der Waals surface area contributed by atoms with Crippen molar-refractivity contribution in [2.75, 3.05) is 0 Å². The highest BCUT2D eigenvalue weighted by atomic mass is 16.3. The summed E-state index contributed by atoms with van der Waals surface area (Å²) < 4.78 is 0. The van der Waals surface area contributed by atoms with E-state index in [0.717, 1.165) is 18.4 Å². The number of carbonyl (C=O) groups is 1. The van der Waals surface area contributed by atoms with E-state index in [1.807, 2.05) is 0 Å². The van der Waals surface area contributed by atoms with E-state index in [0.29, 0.717) is 11.8 Å². The lowest BCUT2D eigenvalue weighted by atomic mass is 9.58. The molecule has 0 radical (unpaired) electrons. The van der Waals surface area contributed by atoms with Crippen LogP contribution in [0, 0.1) is 28.6 Å². The zero-order chi connectivity index (χ0) is 12.6. The van der Waals surface area contributed by atoms with Crippen LogP contribution in [0.4, 0.5) is 0 Å². The van der Waals surface area contributed by atoms with E-state index < -0.39 is 6.10 Å². The molecule has 0 spiro atoms. The summed E-state index contributed by atoms with van der Waals surface area (Å²) in [6.07, 6.45) is 3.27. The summed E-state index contributed by atoms with van der Waals surface area (Å²) in [6.45, 7) is 8.96. The molecule has 17 heavy (non-hydrogen) atoms. The van der Waals surface area contributed by atoms with Crippen LogP contribution in [0.1, 0.15) is 40.5 Å². The van der Waals surface area contributed by atoms with E-state index in [4.69, 9.17) is 0 Å². The van der Waals surface area contributed by atoms with Crippen molar-refractivity contribution in [2.45, 2.75) is 46.6 Å². The molecule has 3 aliphatic carbocycles. The van der Waals surface area contributed by atoms with Crippen molar-refractivity contribution in [1.29, 1.82) is 0 Å². The second-order valence-corrected chi connectivity index (χ2v) is 7.06. The zero-order valence-corrected chi connectivity index (χ0v) is 11.2. The highest BCUT2D eigenvalue weighted by Gasteiger charge is 2.71. The van der Waals surface area contributed by atoms with Gasteiger partial charge in [0.15, 0.2) is 5.78 Å². The first-order valence-electron chi connectivity index (χ1n) is 6.75. The quantitative estimate of drug-likeness (QED) is 0.699. The van der Waals surface area contributed by atoms with Crippen LogP contribution in [-0.2, 0) is 4.79 Å². The molecule has 0 aromatic heterocycles. The van der Waals surface area contributed by atoms with Gasteiger partial charge in [0.05, 0.1) is 6.10 Å². The molecule has 2 saturated carbocycles. The molecule has 0 amide bonds. The fourth-order valence-electron chi connectivity index (χ4n) is 4.78. The molecule has 2 fully saturated rings. The van der Waals surface area contributed by atoms with E-state index in [2.05, 4.69) is 27.7 Å². The Morgan fingerprint density at radius 3 is 2.59 bits per heavy atom. The maximum absolute atomic E-state index is 12.1. The number of carbonyl (C=O) groups excluding carboxylic acids is 1.